The van der Waals surface area contributed by atoms with Gasteiger partial charge in [0, 0.05) is 19.1 Å². The van der Waals surface area contributed by atoms with Crippen molar-refractivity contribution in [2.75, 3.05) is 31.4 Å². The molecular formula is C12H15NO5S. The Labute approximate surface area is 111 Å². The molecule has 1 aliphatic heterocycles. The molecule has 0 saturated carbocycles. The maximum absolute atomic E-state index is 11.7. The summed E-state index contributed by atoms with van der Waals surface area (Å²) in [4.78, 5) is 13.3. The average molecular weight is 285 g/mol. The number of rotatable bonds is 4. The monoisotopic (exact) mass is 285 g/mol. The molecule has 0 bridgehead atoms. The van der Waals surface area contributed by atoms with Crippen LogP contribution in [0.25, 0.3) is 0 Å². The SMILES string of the molecule is COC[C@@H]1CN(c2ccc(S(C)(=O)=O)cc2)C(=O)O1. The maximum atomic E-state index is 11.7. The van der Waals surface area contributed by atoms with E-state index in [9.17, 15) is 13.2 Å². The van der Waals surface area contributed by atoms with Crippen LogP contribution in [0.3, 0.4) is 0 Å². The number of hydrogen-bond acceptors (Lipinski definition) is 5. The Bertz CT molecular complexity index is 566. The lowest BCUT2D eigenvalue weighted by Crippen LogP contribution is -2.25. The molecule has 2 rings (SSSR count). The summed E-state index contributed by atoms with van der Waals surface area (Å²) in [7, 11) is -1.69. The number of amides is 1. The molecule has 104 valence electrons. The second kappa shape index (κ2) is 5.18. The van der Waals surface area contributed by atoms with Crippen LogP contribution in [0, 0.1) is 0 Å². The van der Waals surface area contributed by atoms with Gasteiger partial charge in [-0.25, -0.2) is 13.2 Å². The van der Waals surface area contributed by atoms with Crippen molar-refractivity contribution in [3.8, 4) is 0 Å². The van der Waals surface area contributed by atoms with Crippen LogP contribution in [0.4, 0.5) is 10.5 Å². The Kier molecular flexibility index (Phi) is 3.77. The van der Waals surface area contributed by atoms with Gasteiger partial charge in [-0.05, 0) is 24.3 Å². The number of carbonyl (C=O) groups excluding carboxylic acids is 1. The molecule has 0 N–H and O–H groups in total. The molecule has 0 spiro atoms. The summed E-state index contributed by atoms with van der Waals surface area (Å²) in [6.45, 7) is 0.731. The van der Waals surface area contributed by atoms with Crippen molar-refractivity contribution in [2.24, 2.45) is 0 Å². The Hall–Kier alpha value is -1.60. The van der Waals surface area contributed by atoms with Crippen LogP contribution >= 0.6 is 0 Å². The van der Waals surface area contributed by atoms with Gasteiger partial charge in [-0.2, -0.15) is 0 Å². The number of methoxy groups -OCH3 is 1. The molecule has 0 aromatic heterocycles. The predicted octanol–water partition coefficient (Wildman–Crippen LogP) is 1.06. The van der Waals surface area contributed by atoms with Crippen molar-refractivity contribution in [3.05, 3.63) is 24.3 Å². The normalized spacial score (nSPS) is 19.6. The summed E-state index contributed by atoms with van der Waals surface area (Å²) < 4.78 is 32.7. The highest BCUT2D eigenvalue weighted by Crippen LogP contribution is 2.23. The van der Waals surface area contributed by atoms with Gasteiger partial charge in [-0.15, -0.1) is 0 Å². The molecule has 1 atom stereocenters. The molecule has 1 heterocycles. The minimum Gasteiger partial charge on any atom is -0.441 e. The molecule has 1 amide bonds. The van der Waals surface area contributed by atoms with Crippen molar-refractivity contribution in [3.63, 3.8) is 0 Å². The molecule has 19 heavy (non-hydrogen) atoms. The third-order valence-corrected chi connectivity index (χ3v) is 3.93. The largest absolute Gasteiger partial charge is 0.441 e. The van der Waals surface area contributed by atoms with Crippen molar-refractivity contribution in [2.45, 2.75) is 11.0 Å². The van der Waals surface area contributed by atoms with E-state index in [-0.39, 0.29) is 11.0 Å². The lowest BCUT2D eigenvalue weighted by Gasteiger charge is -2.13. The smallest absolute Gasteiger partial charge is 0.414 e. The Morgan fingerprint density at radius 1 is 1.37 bits per heavy atom. The second-order valence-electron chi connectivity index (χ2n) is 4.34. The molecule has 6 nitrogen and oxygen atoms in total. The summed E-state index contributed by atoms with van der Waals surface area (Å²) in [5, 5.41) is 0. The molecule has 0 aliphatic carbocycles. The molecule has 1 aromatic carbocycles. The maximum Gasteiger partial charge on any atom is 0.414 e. The van der Waals surface area contributed by atoms with Gasteiger partial charge >= 0.3 is 6.09 Å². The number of hydrogen-bond donors (Lipinski definition) is 0. The lowest BCUT2D eigenvalue weighted by atomic mass is 10.3. The fraction of sp³-hybridized carbons (Fsp3) is 0.417. The van der Waals surface area contributed by atoms with E-state index in [0.717, 1.165) is 6.26 Å². The van der Waals surface area contributed by atoms with E-state index in [2.05, 4.69) is 0 Å². The van der Waals surface area contributed by atoms with Crippen LogP contribution in [0.15, 0.2) is 29.2 Å². The Morgan fingerprint density at radius 3 is 2.53 bits per heavy atom. The summed E-state index contributed by atoms with van der Waals surface area (Å²) in [6, 6.07) is 6.13. The number of ether oxygens (including phenoxy) is 2. The number of cyclic esters (lactones) is 1. The van der Waals surface area contributed by atoms with Crippen LogP contribution in [-0.2, 0) is 19.3 Å². The van der Waals surface area contributed by atoms with Crippen LogP contribution < -0.4 is 4.90 Å². The van der Waals surface area contributed by atoms with Crippen LogP contribution in [-0.4, -0.2) is 47.1 Å². The third-order valence-electron chi connectivity index (χ3n) is 2.80. The first-order valence-electron chi connectivity index (χ1n) is 5.69. The molecule has 1 aromatic rings. The van der Waals surface area contributed by atoms with E-state index in [1.165, 1.54) is 24.1 Å². The lowest BCUT2D eigenvalue weighted by molar-refractivity contribution is 0.0718. The molecule has 0 radical (unpaired) electrons. The highest BCUT2D eigenvalue weighted by Gasteiger charge is 2.32. The fourth-order valence-electron chi connectivity index (χ4n) is 1.88. The minimum absolute atomic E-state index is 0.220. The Balaban J connectivity index is 2.17. The average Bonchev–Trinajstić information content (AvgIpc) is 2.70. The van der Waals surface area contributed by atoms with Gasteiger partial charge in [-0.1, -0.05) is 0 Å². The predicted molar refractivity (Wildman–Crippen MR) is 69.0 cm³/mol. The topological polar surface area (TPSA) is 72.9 Å². The van der Waals surface area contributed by atoms with Gasteiger partial charge in [-0.3, -0.25) is 4.90 Å². The van der Waals surface area contributed by atoms with Crippen molar-refractivity contribution in [1.82, 2.24) is 0 Å². The van der Waals surface area contributed by atoms with Gasteiger partial charge < -0.3 is 9.47 Å². The van der Waals surface area contributed by atoms with E-state index >= 15 is 0 Å². The molecule has 1 fully saturated rings. The standard InChI is InChI=1S/C12H15NO5S/c1-17-8-10-7-13(12(14)18-10)9-3-5-11(6-4-9)19(2,15)16/h3-6,10H,7-8H2,1-2H3/t10-/m0/s1. The first-order chi connectivity index (χ1) is 8.91. The number of anilines is 1. The molecule has 1 aliphatic rings. The van der Waals surface area contributed by atoms with Crippen molar-refractivity contribution in [1.29, 1.82) is 0 Å². The number of carbonyl (C=O) groups is 1. The summed E-state index contributed by atoms with van der Waals surface area (Å²) in [5.41, 5.74) is 0.607. The molecular weight excluding hydrogens is 270 g/mol. The van der Waals surface area contributed by atoms with Crippen molar-refractivity contribution < 1.29 is 22.7 Å². The van der Waals surface area contributed by atoms with Crippen LogP contribution in [0.2, 0.25) is 0 Å². The van der Waals surface area contributed by atoms with E-state index in [1.807, 2.05) is 0 Å². The summed E-state index contributed by atoms with van der Waals surface area (Å²) in [6.07, 6.45) is 0.391. The van der Waals surface area contributed by atoms with Gasteiger partial charge in [0.1, 0.15) is 6.10 Å². The first kappa shape index (κ1) is 13.8. The quantitative estimate of drug-likeness (QED) is 0.827. The van der Waals surface area contributed by atoms with Crippen LogP contribution in [0.5, 0.6) is 0 Å². The van der Waals surface area contributed by atoms with E-state index in [0.29, 0.717) is 18.8 Å². The summed E-state index contributed by atoms with van der Waals surface area (Å²) >= 11 is 0. The van der Waals surface area contributed by atoms with Gasteiger partial charge in [0.2, 0.25) is 0 Å². The third kappa shape index (κ3) is 3.05. The molecule has 1 saturated heterocycles. The Morgan fingerprint density at radius 2 is 2.00 bits per heavy atom. The molecule has 0 unspecified atom stereocenters. The van der Waals surface area contributed by atoms with Gasteiger partial charge in [0.25, 0.3) is 0 Å². The minimum atomic E-state index is -3.23. The zero-order valence-electron chi connectivity index (χ0n) is 10.7. The number of sulfone groups is 1. The zero-order chi connectivity index (χ0) is 14.0. The van der Waals surface area contributed by atoms with E-state index in [4.69, 9.17) is 9.47 Å². The highest BCUT2D eigenvalue weighted by molar-refractivity contribution is 7.90. The van der Waals surface area contributed by atoms with Crippen molar-refractivity contribution >= 4 is 21.6 Å². The first-order valence-corrected chi connectivity index (χ1v) is 7.58. The second-order valence-corrected chi connectivity index (χ2v) is 6.35. The van der Waals surface area contributed by atoms with E-state index in [1.54, 1.807) is 12.1 Å². The van der Waals surface area contributed by atoms with Gasteiger partial charge in [0.05, 0.1) is 18.0 Å². The number of benzene rings is 1. The zero-order valence-corrected chi connectivity index (χ0v) is 11.5. The van der Waals surface area contributed by atoms with E-state index < -0.39 is 15.9 Å². The fourth-order valence-corrected chi connectivity index (χ4v) is 2.51. The number of nitrogens with zero attached hydrogens (tertiary/aromatic N) is 1. The highest BCUT2D eigenvalue weighted by atomic mass is 32.2. The van der Waals surface area contributed by atoms with Gasteiger partial charge in [0.15, 0.2) is 9.84 Å². The van der Waals surface area contributed by atoms with Crippen LogP contribution in [0.1, 0.15) is 0 Å². The molecule has 7 heteroatoms. The summed E-state index contributed by atoms with van der Waals surface area (Å²) in [5.74, 6) is 0.